The average Bonchev–Trinajstić information content (AvgIpc) is 2.75. The molecule has 1 fully saturated rings. The number of rotatable bonds is 3. The molecule has 3 rings (SSSR count). The second kappa shape index (κ2) is 5.79. The van der Waals surface area contributed by atoms with Crippen molar-refractivity contribution < 1.29 is 4.79 Å². The Balaban J connectivity index is 1.95. The second-order valence-corrected chi connectivity index (χ2v) is 6.19. The van der Waals surface area contributed by atoms with Crippen LogP contribution in [0.15, 0.2) is 54.0 Å². The quantitative estimate of drug-likeness (QED) is 0.492. The van der Waals surface area contributed by atoms with Crippen molar-refractivity contribution in [2.24, 2.45) is 0 Å². The number of para-hydroxylation sites is 1. The van der Waals surface area contributed by atoms with Crippen molar-refractivity contribution in [1.82, 2.24) is 9.88 Å². The van der Waals surface area contributed by atoms with E-state index in [-0.39, 0.29) is 5.91 Å². The summed E-state index contributed by atoms with van der Waals surface area (Å²) in [5, 5.41) is 1.08. The molecule has 0 bridgehead atoms. The molecule has 3 nitrogen and oxygen atoms in total. The third-order valence-corrected chi connectivity index (χ3v) is 4.46. The van der Waals surface area contributed by atoms with Gasteiger partial charge in [-0.1, -0.05) is 54.3 Å². The van der Waals surface area contributed by atoms with E-state index in [1.54, 1.807) is 17.1 Å². The molecular formula is C16H12N2OS2. The van der Waals surface area contributed by atoms with E-state index in [2.05, 4.69) is 11.6 Å². The van der Waals surface area contributed by atoms with E-state index in [0.717, 1.165) is 16.6 Å². The molecule has 1 aromatic carbocycles. The van der Waals surface area contributed by atoms with Crippen LogP contribution in [0.1, 0.15) is 5.69 Å². The lowest BCUT2D eigenvalue weighted by molar-refractivity contribution is -0.121. The molecule has 1 amide bonds. The number of aromatic nitrogens is 1. The molecule has 0 atom stereocenters. The zero-order valence-corrected chi connectivity index (χ0v) is 12.8. The second-order valence-electron chi connectivity index (χ2n) is 4.51. The summed E-state index contributed by atoms with van der Waals surface area (Å²) >= 11 is 6.52. The maximum atomic E-state index is 12.2. The molecule has 2 aromatic rings. The average molecular weight is 312 g/mol. The molecule has 0 spiro atoms. The first kappa shape index (κ1) is 14.0. The number of benzene rings is 1. The number of fused-ring (bicyclic) bond motifs is 1. The molecule has 1 aliphatic rings. The first-order chi connectivity index (χ1) is 10.2. The number of hydrogen-bond donors (Lipinski definition) is 0. The highest BCUT2D eigenvalue weighted by Crippen LogP contribution is 2.32. The molecule has 1 aromatic heterocycles. The van der Waals surface area contributed by atoms with Crippen LogP contribution >= 0.6 is 24.0 Å². The van der Waals surface area contributed by atoms with Crippen LogP contribution in [0, 0.1) is 0 Å². The van der Waals surface area contributed by atoms with Gasteiger partial charge in [-0.15, -0.1) is 6.58 Å². The lowest BCUT2D eigenvalue weighted by Crippen LogP contribution is -2.27. The van der Waals surface area contributed by atoms with Crippen molar-refractivity contribution in [3.63, 3.8) is 0 Å². The zero-order chi connectivity index (χ0) is 14.8. The van der Waals surface area contributed by atoms with Crippen LogP contribution < -0.4 is 0 Å². The van der Waals surface area contributed by atoms with Gasteiger partial charge in [0.1, 0.15) is 4.32 Å². The number of nitrogens with zero attached hydrogens (tertiary/aromatic N) is 2. The molecule has 104 valence electrons. The van der Waals surface area contributed by atoms with Gasteiger partial charge < -0.3 is 0 Å². The van der Waals surface area contributed by atoms with Crippen LogP contribution in [0.5, 0.6) is 0 Å². The summed E-state index contributed by atoms with van der Waals surface area (Å²) in [6, 6.07) is 11.8. The summed E-state index contributed by atoms with van der Waals surface area (Å²) < 4.78 is 0.562. The number of pyridine rings is 1. The van der Waals surface area contributed by atoms with Gasteiger partial charge in [0.25, 0.3) is 5.91 Å². The maximum absolute atomic E-state index is 12.2. The smallest absolute Gasteiger partial charge is 0.266 e. The van der Waals surface area contributed by atoms with Gasteiger partial charge in [-0.2, -0.15) is 0 Å². The van der Waals surface area contributed by atoms with Gasteiger partial charge in [0.2, 0.25) is 0 Å². The lowest BCUT2D eigenvalue weighted by Gasteiger charge is -2.10. The zero-order valence-electron chi connectivity index (χ0n) is 11.2. The van der Waals surface area contributed by atoms with Gasteiger partial charge in [-0.3, -0.25) is 9.69 Å². The number of thiocarbonyl (C=S) groups is 1. The molecule has 21 heavy (non-hydrogen) atoms. The number of carbonyl (C=O) groups excluding carboxylic acids is 1. The summed E-state index contributed by atoms with van der Waals surface area (Å²) in [7, 11) is 0. The first-order valence-corrected chi connectivity index (χ1v) is 7.63. The van der Waals surface area contributed by atoms with E-state index in [4.69, 9.17) is 12.2 Å². The third-order valence-electron chi connectivity index (χ3n) is 3.08. The van der Waals surface area contributed by atoms with Crippen LogP contribution in [0.4, 0.5) is 0 Å². The highest BCUT2D eigenvalue weighted by atomic mass is 32.2. The highest BCUT2D eigenvalue weighted by molar-refractivity contribution is 8.26. The van der Waals surface area contributed by atoms with Gasteiger partial charge in [0.05, 0.1) is 16.1 Å². The van der Waals surface area contributed by atoms with Gasteiger partial charge in [-0.25, -0.2) is 4.98 Å². The minimum Gasteiger partial charge on any atom is -0.289 e. The van der Waals surface area contributed by atoms with Crippen molar-refractivity contribution in [3.8, 4) is 0 Å². The number of amides is 1. The Morgan fingerprint density at radius 1 is 1.29 bits per heavy atom. The van der Waals surface area contributed by atoms with Crippen LogP contribution in [-0.4, -0.2) is 26.7 Å². The minimum atomic E-state index is -0.0835. The normalized spacial score (nSPS) is 17.0. The van der Waals surface area contributed by atoms with Gasteiger partial charge in [0.15, 0.2) is 0 Å². The van der Waals surface area contributed by atoms with Crippen molar-refractivity contribution >= 4 is 51.2 Å². The lowest BCUT2D eigenvalue weighted by atomic mass is 10.2. The van der Waals surface area contributed by atoms with Crippen molar-refractivity contribution in [2.75, 3.05) is 6.54 Å². The standard InChI is InChI=1S/C16H12N2OS2/c1-2-9-18-15(19)14(21-16(18)20)10-12-8-7-11-5-3-4-6-13(11)17-12/h2-8,10H,1,9H2/b14-10-. The number of thioether (sulfide) groups is 1. The molecule has 1 aliphatic heterocycles. The van der Waals surface area contributed by atoms with Crippen LogP contribution in [-0.2, 0) is 4.79 Å². The number of carbonyl (C=O) groups is 1. The molecular weight excluding hydrogens is 300 g/mol. The Kier molecular flexibility index (Phi) is 3.86. The molecule has 0 radical (unpaired) electrons. The molecule has 0 aliphatic carbocycles. The van der Waals surface area contributed by atoms with E-state index in [9.17, 15) is 4.79 Å². The Labute approximate surface area is 132 Å². The fraction of sp³-hybridized carbons (Fsp3) is 0.0625. The summed E-state index contributed by atoms with van der Waals surface area (Å²) in [5.74, 6) is -0.0835. The monoisotopic (exact) mass is 312 g/mol. The Hall–Kier alpha value is -1.98. The topological polar surface area (TPSA) is 33.2 Å². The Morgan fingerprint density at radius 3 is 2.90 bits per heavy atom. The molecule has 1 saturated heterocycles. The van der Waals surface area contributed by atoms with Gasteiger partial charge in [0, 0.05) is 11.9 Å². The maximum Gasteiger partial charge on any atom is 0.266 e. The predicted molar refractivity (Wildman–Crippen MR) is 91.8 cm³/mol. The summed E-state index contributed by atoms with van der Waals surface area (Å²) in [6.07, 6.45) is 3.46. The fourth-order valence-corrected chi connectivity index (χ4v) is 3.34. The van der Waals surface area contributed by atoms with Gasteiger partial charge >= 0.3 is 0 Å². The van der Waals surface area contributed by atoms with Crippen LogP contribution in [0.25, 0.3) is 17.0 Å². The van der Waals surface area contributed by atoms with Crippen LogP contribution in [0.2, 0.25) is 0 Å². The van der Waals surface area contributed by atoms with Crippen LogP contribution in [0.3, 0.4) is 0 Å². The molecule has 2 heterocycles. The van der Waals surface area contributed by atoms with Crippen molar-refractivity contribution in [1.29, 1.82) is 0 Å². The third kappa shape index (κ3) is 2.75. The van der Waals surface area contributed by atoms with E-state index >= 15 is 0 Å². The summed E-state index contributed by atoms with van der Waals surface area (Å²) in [6.45, 7) is 4.08. The first-order valence-electron chi connectivity index (χ1n) is 6.41. The van der Waals surface area contributed by atoms with E-state index in [0.29, 0.717) is 15.8 Å². The summed E-state index contributed by atoms with van der Waals surface area (Å²) in [5.41, 5.74) is 1.67. The fourth-order valence-electron chi connectivity index (χ4n) is 2.08. The van der Waals surface area contributed by atoms with E-state index < -0.39 is 0 Å². The Bertz CT molecular complexity index is 783. The SMILES string of the molecule is C=CCN1C(=O)/C(=C/c2ccc3ccccc3n2)SC1=S. The van der Waals surface area contributed by atoms with E-state index in [1.165, 1.54) is 11.8 Å². The molecule has 0 N–H and O–H groups in total. The van der Waals surface area contributed by atoms with Crippen molar-refractivity contribution in [2.45, 2.75) is 0 Å². The van der Waals surface area contributed by atoms with Gasteiger partial charge in [-0.05, 0) is 18.2 Å². The highest BCUT2D eigenvalue weighted by Gasteiger charge is 2.31. The molecule has 0 saturated carbocycles. The largest absolute Gasteiger partial charge is 0.289 e. The van der Waals surface area contributed by atoms with E-state index in [1.807, 2.05) is 36.4 Å². The predicted octanol–water partition coefficient (Wildman–Crippen LogP) is 3.62. The minimum absolute atomic E-state index is 0.0835. The molecule has 5 heteroatoms. The summed E-state index contributed by atoms with van der Waals surface area (Å²) in [4.78, 5) is 18.9. The van der Waals surface area contributed by atoms with Crippen molar-refractivity contribution in [3.05, 3.63) is 59.7 Å². The Morgan fingerprint density at radius 2 is 2.10 bits per heavy atom. The number of hydrogen-bond acceptors (Lipinski definition) is 4. The molecule has 0 unspecified atom stereocenters.